The van der Waals surface area contributed by atoms with E-state index in [9.17, 15) is 21.0 Å². The first-order valence-corrected chi connectivity index (χ1v) is 12.1. The van der Waals surface area contributed by atoms with Crippen molar-refractivity contribution in [3.63, 3.8) is 0 Å². The molecule has 172 valence electrons. The van der Waals surface area contributed by atoms with Crippen molar-refractivity contribution >= 4 is 32.9 Å². The molecular formula is C33H15N5. The van der Waals surface area contributed by atoms with Crippen molar-refractivity contribution in [2.45, 2.75) is 6.04 Å². The third-order valence-corrected chi connectivity index (χ3v) is 7.60. The zero-order chi connectivity index (χ0) is 26.0. The summed E-state index contributed by atoms with van der Waals surface area (Å²) in [5, 5.41) is 45.1. The Kier molecular flexibility index (Phi) is 4.40. The fourth-order valence-corrected chi connectivity index (χ4v) is 6.10. The van der Waals surface area contributed by atoms with Gasteiger partial charge in [-0.25, -0.2) is 0 Å². The first-order valence-electron chi connectivity index (χ1n) is 12.1. The smallest absolute Gasteiger partial charge is 0.103 e. The highest BCUT2D eigenvalue weighted by molar-refractivity contribution is 6.20. The number of rotatable bonds is 1. The monoisotopic (exact) mass is 481 g/mol. The lowest BCUT2D eigenvalue weighted by Crippen LogP contribution is -2.38. The minimum atomic E-state index is -0.208. The molecule has 0 amide bonds. The van der Waals surface area contributed by atoms with Crippen LogP contribution in [0, 0.1) is 45.3 Å². The Hall–Kier alpha value is -5.88. The van der Waals surface area contributed by atoms with Crippen molar-refractivity contribution < 1.29 is 0 Å². The second-order valence-electron chi connectivity index (χ2n) is 9.28. The zero-order valence-electron chi connectivity index (χ0n) is 19.9. The summed E-state index contributed by atoms with van der Waals surface area (Å²) in [6.45, 7) is 0. The Morgan fingerprint density at radius 3 is 1.68 bits per heavy atom. The van der Waals surface area contributed by atoms with Gasteiger partial charge in [0.05, 0.1) is 34.0 Å². The number of nitrogens with zero attached hydrogens (tertiary/aromatic N) is 5. The lowest BCUT2D eigenvalue weighted by molar-refractivity contribution is 0.796. The molecule has 0 bridgehead atoms. The fourth-order valence-electron chi connectivity index (χ4n) is 6.10. The molecule has 2 heterocycles. The molecule has 38 heavy (non-hydrogen) atoms. The van der Waals surface area contributed by atoms with Crippen molar-refractivity contribution in [2.24, 2.45) is 0 Å². The molecule has 2 aliphatic rings. The van der Waals surface area contributed by atoms with Gasteiger partial charge in [-0.05, 0) is 44.3 Å². The average molecular weight is 482 g/mol. The van der Waals surface area contributed by atoms with Gasteiger partial charge in [-0.15, -0.1) is 0 Å². The standard InChI is InChI=1S/C33H15N5/c34-15-24-25(16-35)27(18-37)33-32(26(24)17-36)31-23-13-7-5-11-21(23)20-10-4-6-12-22(20)30(31)29-14-28(38(29)33)19-8-2-1-3-9-19/h1-14,29H. The summed E-state index contributed by atoms with van der Waals surface area (Å²) in [5.41, 5.74) is 4.91. The Balaban J connectivity index is 1.76. The van der Waals surface area contributed by atoms with Gasteiger partial charge in [0, 0.05) is 11.3 Å². The van der Waals surface area contributed by atoms with E-state index >= 15 is 0 Å². The maximum atomic E-state index is 10.4. The Morgan fingerprint density at radius 1 is 0.526 bits per heavy atom. The molecule has 2 aliphatic heterocycles. The molecule has 1 unspecified atom stereocenters. The molecule has 0 N–H and O–H groups in total. The van der Waals surface area contributed by atoms with E-state index in [2.05, 4.69) is 53.5 Å². The van der Waals surface area contributed by atoms with Gasteiger partial charge < -0.3 is 4.90 Å². The number of nitriles is 4. The predicted octanol–water partition coefficient (Wildman–Crippen LogP) is 7.06. The molecular weight excluding hydrogens is 466 g/mol. The maximum Gasteiger partial charge on any atom is 0.103 e. The van der Waals surface area contributed by atoms with E-state index in [4.69, 9.17) is 0 Å². The summed E-state index contributed by atoms with van der Waals surface area (Å²) in [5.74, 6) is 0. The summed E-state index contributed by atoms with van der Waals surface area (Å²) < 4.78 is 0. The minimum Gasteiger partial charge on any atom is -0.328 e. The SMILES string of the molecule is N#Cc1c(C#N)c(C#N)c2c(c1C#N)-c1c(c3ccccc3c3ccccc13)C1C=C(c3ccccc3)N21. The molecule has 7 rings (SSSR count). The molecule has 0 aliphatic carbocycles. The van der Waals surface area contributed by atoms with Crippen molar-refractivity contribution in [3.8, 4) is 35.4 Å². The van der Waals surface area contributed by atoms with Gasteiger partial charge in [0.2, 0.25) is 0 Å². The van der Waals surface area contributed by atoms with Crippen LogP contribution in [0.1, 0.15) is 39.4 Å². The van der Waals surface area contributed by atoms with Crippen LogP contribution < -0.4 is 4.90 Å². The molecule has 0 saturated heterocycles. The zero-order valence-corrected chi connectivity index (χ0v) is 19.9. The Labute approximate surface area is 218 Å². The Bertz CT molecular complexity index is 2080. The van der Waals surface area contributed by atoms with Gasteiger partial charge in [-0.3, -0.25) is 0 Å². The molecule has 5 heteroatoms. The third-order valence-electron chi connectivity index (χ3n) is 7.60. The average Bonchev–Trinajstić information content (AvgIpc) is 2.96. The van der Waals surface area contributed by atoms with Crippen LogP contribution in [0.2, 0.25) is 0 Å². The number of hydrogen-bond acceptors (Lipinski definition) is 5. The van der Waals surface area contributed by atoms with E-state index in [1.54, 1.807) is 0 Å². The normalized spacial score (nSPS) is 14.6. The first kappa shape index (κ1) is 21.4. The van der Waals surface area contributed by atoms with Crippen molar-refractivity contribution in [2.75, 3.05) is 4.90 Å². The second-order valence-corrected chi connectivity index (χ2v) is 9.28. The number of fused-ring (bicyclic) bond motifs is 11. The number of anilines is 1. The molecule has 0 saturated carbocycles. The molecule has 0 aromatic heterocycles. The maximum absolute atomic E-state index is 10.4. The van der Waals surface area contributed by atoms with Crippen LogP contribution in [0.3, 0.4) is 0 Å². The second kappa shape index (κ2) is 7.81. The molecule has 0 radical (unpaired) electrons. The van der Waals surface area contributed by atoms with Crippen LogP contribution in [-0.2, 0) is 0 Å². The summed E-state index contributed by atoms with van der Waals surface area (Å²) in [7, 11) is 0. The van der Waals surface area contributed by atoms with Crippen LogP contribution in [0.4, 0.5) is 5.69 Å². The van der Waals surface area contributed by atoms with E-state index in [0.717, 1.165) is 43.9 Å². The van der Waals surface area contributed by atoms with Gasteiger partial charge in [0.15, 0.2) is 0 Å². The number of hydrogen-bond donors (Lipinski definition) is 0. The van der Waals surface area contributed by atoms with E-state index in [1.165, 1.54) is 0 Å². The van der Waals surface area contributed by atoms with Gasteiger partial charge >= 0.3 is 0 Å². The topological polar surface area (TPSA) is 98.4 Å². The van der Waals surface area contributed by atoms with Crippen LogP contribution >= 0.6 is 0 Å². The molecule has 0 spiro atoms. The molecule has 5 nitrogen and oxygen atoms in total. The number of benzene rings is 5. The predicted molar refractivity (Wildman–Crippen MR) is 145 cm³/mol. The highest BCUT2D eigenvalue weighted by Crippen LogP contribution is 2.60. The third kappa shape index (κ3) is 2.55. The lowest BCUT2D eigenvalue weighted by atomic mass is 9.74. The highest BCUT2D eigenvalue weighted by Gasteiger charge is 2.44. The van der Waals surface area contributed by atoms with Crippen LogP contribution in [-0.4, -0.2) is 0 Å². The van der Waals surface area contributed by atoms with Gasteiger partial charge in [-0.1, -0.05) is 78.9 Å². The van der Waals surface area contributed by atoms with Crippen molar-refractivity contribution in [3.05, 3.63) is 118 Å². The highest BCUT2D eigenvalue weighted by atomic mass is 15.2. The van der Waals surface area contributed by atoms with E-state index in [1.807, 2.05) is 60.7 Å². The van der Waals surface area contributed by atoms with Crippen LogP contribution in [0.25, 0.3) is 38.4 Å². The van der Waals surface area contributed by atoms with E-state index < -0.39 is 0 Å². The van der Waals surface area contributed by atoms with Crippen LogP contribution in [0.15, 0.2) is 84.9 Å². The minimum absolute atomic E-state index is 0.0577. The largest absolute Gasteiger partial charge is 0.328 e. The van der Waals surface area contributed by atoms with Crippen molar-refractivity contribution in [1.82, 2.24) is 0 Å². The first-order chi connectivity index (χ1) is 18.7. The summed E-state index contributed by atoms with van der Waals surface area (Å²) in [6, 6.07) is 34.5. The molecule has 5 aromatic rings. The molecule has 1 atom stereocenters. The molecule has 5 aromatic carbocycles. The van der Waals surface area contributed by atoms with Crippen molar-refractivity contribution in [1.29, 1.82) is 21.0 Å². The van der Waals surface area contributed by atoms with Gasteiger partial charge in [0.25, 0.3) is 0 Å². The summed E-state index contributed by atoms with van der Waals surface area (Å²) >= 11 is 0. The molecule has 0 fully saturated rings. The summed E-state index contributed by atoms with van der Waals surface area (Å²) in [6.07, 6.45) is 2.18. The van der Waals surface area contributed by atoms with E-state index in [0.29, 0.717) is 11.3 Å². The fraction of sp³-hybridized carbons (Fsp3) is 0.0303. The van der Waals surface area contributed by atoms with Gasteiger partial charge in [0.1, 0.15) is 24.3 Å². The van der Waals surface area contributed by atoms with Crippen LogP contribution in [0.5, 0.6) is 0 Å². The van der Waals surface area contributed by atoms with Gasteiger partial charge in [-0.2, -0.15) is 21.0 Å². The summed E-state index contributed by atoms with van der Waals surface area (Å²) in [4.78, 5) is 2.07. The Morgan fingerprint density at radius 2 is 1.05 bits per heavy atom. The quantitative estimate of drug-likeness (QED) is 0.239. The van der Waals surface area contributed by atoms with E-state index in [-0.39, 0.29) is 28.3 Å². The lowest BCUT2D eigenvalue weighted by Gasteiger charge is -2.48.